The average molecular weight is 282 g/mol. The summed E-state index contributed by atoms with van der Waals surface area (Å²) < 4.78 is 15.5. The quantitative estimate of drug-likeness (QED) is 0.775. The van der Waals surface area contributed by atoms with Gasteiger partial charge in [0.1, 0.15) is 17.6 Å². The Balaban J connectivity index is 2.86. The molecule has 2 unspecified atom stereocenters. The van der Waals surface area contributed by atoms with Gasteiger partial charge in [0.05, 0.1) is 20.3 Å². The molecule has 0 aliphatic heterocycles. The van der Waals surface area contributed by atoms with Gasteiger partial charge in [0, 0.05) is 25.3 Å². The van der Waals surface area contributed by atoms with Crippen molar-refractivity contribution in [3.8, 4) is 11.5 Å². The van der Waals surface area contributed by atoms with Crippen LogP contribution in [-0.4, -0.2) is 39.9 Å². The fourth-order valence-corrected chi connectivity index (χ4v) is 1.87. The fraction of sp³-hybridized carbons (Fsp3) is 0.500. The zero-order chi connectivity index (χ0) is 15.1. The summed E-state index contributed by atoms with van der Waals surface area (Å²) in [5.74, 6) is 1.10. The number of amides is 1. The molecule has 1 rings (SSSR count). The molecule has 0 fully saturated rings. The molecular weight excluding hydrogens is 260 g/mol. The third-order valence-corrected chi connectivity index (χ3v) is 3.06. The minimum atomic E-state index is -0.651. The van der Waals surface area contributed by atoms with E-state index in [1.807, 2.05) is 19.1 Å². The summed E-state index contributed by atoms with van der Waals surface area (Å²) in [4.78, 5) is 11.9. The van der Waals surface area contributed by atoms with Gasteiger partial charge in [-0.25, -0.2) is 0 Å². The first-order valence-electron chi connectivity index (χ1n) is 6.32. The molecule has 0 aliphatic carbocycles. The number of nitrogens with one attached hydrogen (secondary N) is 1. The van der Waals surface area contributed by atoms with Gasteiger partial charge in [0.25, 0.3) is 5.91 Å². The Hall–Kier alpha value is -1.79. The molecule has 3 N–H and O–H groups in total. The summed E-state index contributed by atoms with van der Waals surface area (Å²) in [5, 5.41) is 2.85. The molecule has 0 saturated heterocycles. The van der Waals surface area contributed by atoms with Crippen molar-refractivity contribution in [3.63, 3.8) is 0 Å². The summed E-state index contributed by atoms with van der Waals surface area (Å²) in [6.07, 6.45) is -0.651. The molecule has 112 valence electrons. The van der Waals surface area contributed by atoms with Crippen molar-refractivity contribution in [1.29, 1.82) is 0 Å². The first-order valence-corrected chi connectivity index (χ1v) is 6.32. The van der Waals surface area contributed by atoms with Gasteiger partial charge in [-0.05, 0) is 19.1 Å². The predicted octanol–water partition coefficient (Wildman–Crippen LogP) is 0.855. The van der Waals surface area contributed by atoms with E-state index in [1.54, 1.807) is 20.3 Å². The van der Waals surface area contributed by atoms with Crippen LogP contribution in [-0.2, 0) is 9.53 Å². The Bertz CT molecular complexity index is 447. The molecule has 1 aromatic rings. The highest BCUT2D eigenvalue weighted by atomic mass is 16.5. The lowest BCUT2D eigenvalue weighted by Crippen LogP contribution is -2.41. The van der Waals surface area contributed by atoms with Gasteiger partial charge in [0.15, 0.2) is 0 Å². The first kappa shape index (κ1) is 16.3. The number of nitrogens with two attached hydrogens (primary N) is 1. The van der Waals surface area contributed by atoms with E-state index in [4.69, 9.17) is 19.9 Å². The molecule has 0 saturated carbocycles. The van der Waals surface area contributed by atoms with Gasteiger partial charge in [-0.1, -0.05) is 0 Å². The lowest BCUT2D eigenvalue weighted by molar-refractivity contribution is -0.131. The van der Waals surface area contributed by atoms with Crippen LogP contribution < -0.4 is 20.5 Å². The van der Waals surface area contributed by atoms with Gasteiger partial charge in [-0.15, -0.1) is 0 Å². The van der Waals surface area contributed by atoms with Crippen molar-refractivity contribution in [1.82, 2.24) is 5.32 Å². The lowest BCUT2D eigenvalue weighted by atomic mass is 10.1. The van der Waals surface area contributed by atoms with E-state index in [2.05, 4.69) is 5.32 Å². The standard InChI is InChI=1S/C14H22N2O4/c1-9(16-14(17)13(8-15)20-4)11-6-5-10(18-2)7-12(11)19-3/h5-7,9,13H,8,15H2,1-4H3,(H,16,17). The topological polar surface area (TPSA) is 82.8 Å². The van der Waals surface area contributed by atoms with Gasteiger partial charge < -0.3 is 25.3 Å². The number of benzene rings is 1. The van der Waals surface area contributed by atoms with Gasteiger partial charge in [0.2, 0.25) is 0 Å². The molecule has 0 radical (unpaired) electrons. The molecule has 2 atom stereocenters. The Morgan fingerprint density at radius 1 is 1.30 bits per heavy atom. The van der Waals surface area contributed by atoms with E-state index >= 15 is 0 Å². The lowest BCUT2D eigenvalue weighted by Gasteiger charge is -2.20. The maximum Gasteiger partial charge on any atom is 0.250 e. The van der Waals surface area contributed by atoms with Crippen LogP contribution in [0.5, 0.6) is 11.5 Å². The highest BCUT2D eigenvalue weighted by Crippen LogP contribution is 2.29. The van der Waals surface area contributed by atoms with E-state index in [9.17, 15) is 4.79 Å². The fourth-order valence-electron chi connectivity index (χ4n) is 1.87. The van der Waals surface area contributed by atoms with E-state index in [0.717, 1.165) is 5.56 Å². The van der Waals surface area contributed by atoms with E-state index in [-0.39, 0.29) is 18.5 Å². The molecule has 0 aromatic heterocycles. The smallest absolute Gasteiger partial charge is 0.250 e. The van der Waals surface area contributed by atoms with E-state index < -0.39 is 6.10 Å². The molecule has 1 amide bonds. The number of hydrogen-bond donors (Lipinski definition) is 2. The maximum atomic E-state index is 11.9. The largest absolute Gasteiger partial charge is 0.497 e. The van der Waals surface area contributed by atoms with E-state index in [0.29, 0.717) is 11.5 Å². The summed E-state index contributed by atoms with van der Waals surface area (Å²) in [6.45, 7) is 2.00. The van der Waals surface area contributed by atoms with Crippen molar-refractivity contribution >= 4 is 5.91 Å². The van der Waals surface area contributed by atoms with Crippen LogP contribution in [0.2, 0.25) is 0 Å². The maximum absolute atomic E-state index is 11.9. The van der Waals surface area contributed by atoms with Crippen LogP contribution in [0.4, 0.5) is 0 Å². The second-order valence-corrected chi connectivity index (χ2v) is 4.30. The van der Waals surface area contributed by atoms with Crippen molar-refractivity contribution in [2.24, 2.45) is 5.73 Å². The molecular formula is C14H22N2O4. The summed E-state index contributed by atoms with van der Waals surface area (Å²) in [7, 11) is 4.62. The van der Waals surface area contributed by atoms with Crippen LogP contribution in [0.15, 0.2) is 18.2 Å². The predicted molar refractivity (Wildman–Crippen MR) is 76.0 cm³/mol. The molecule has 0 aliphatic rings. The first-order chi connectivity index (χ1) is 9.57. The normalized spacial score (nSPS) is 13.4. The molecule has 0 heterocycles. The Morgan fingerprint density at radius 3 is 2.50 bits per heavy atom. The number of carbonyl (C=O) groups excluding carboxylic acids is 1. The third kappa shape index (κ3) is 3.85. The minimum Gasteiger partial charge on any atom is -0.497 e. The van der Waals surface area contributed by atoms with Crippen LogP contribution in [0, 0.1) is 0 Å². The van der Waals surface area contributed by atoms with Crippen LogP contribution in [0.3, 0.4) is 0 Å². The highest BCUT2D eigenvalue weighted by molar-refractivity contribution is 5.81. The number of rotatable bonds is 7. The number of carbonyl (C=O) groups is 1. The monoisotopic (exact) mass is 282 g/mol. The Morgan fingerprint density at radius 2 is 2.00 bits per heavy atom. The summed E-state index contributed by atoms with van der Waals surface area (Å²) >= 11 is 0. The summed E-state index contributed by atoms with van der Waals surface area (Å²) in [5.41, 5.74) is 6.32. The van der Waals surface area contributed by atoms with Crippen molar-refractivity contribution in [3.05, 3.63) is 23.8 Å². The van der Waals surface area contributed by atoms with Gasteiger partial charge >= 0.3 is 0 Å². The Kier molecular flexibility index (Phi) is 6.27. The van der Waals surface area contributed by atoms with Crippen LogP contribution in [0.1, 0.15) is 18.5 Å². The minimum absolute atomic E-state index is 0.134. The molecule has 0 bridgehead atoms. The van der Waals surface area contributed by atoms with Crippen LogP contribution in [0.25, 0.3) is 0 Å². The summed E-state index contributed by atoms with van der Waals surface area (Å²) in [6, 6.07) is 5.21. The number of hydrogen-bond acceptors (Lipinski definition) is 5. The zero-order valence-corrected chi connectivity index (χ0v) is 12.3. The molecule has 6 heteroatoms. The van der Waals surface area contributed by atoms with Crippen molar-refractivity contribution in [2.45, 2.75) is 19.1 Å². The second kappa shape index (κ2) is 7.72. The van der Waals surface area contributed by atoms with Crippen LogP contribution >= 0.6 is 0 Å². The van der Waals surface area contributed by atoms with Crippen molar-refractivity contribution in [2.75, 3.05) is 27.9 Å². The molecule has 1 aromatic carbocycles. The Labute approximate surface area is 119 Å². The average Bonchev–Trinajstić information content (AvgIpc) is 2.47. The SMILES string of the molecule is COc1ccc(C(C)NC(=O)C(CN)OC)c(OC)c1. The van der Waals surface area contributed by atoms with Gasteiger partial charge in [-0.3, -0.25) is 4.79 Å². The zero-order valence-electron chi connectivity index (χ0n) is 12.3. The molecule has 20 heavy (non-hydrogen) atoms. The second-order valence-electron chi connectivity index (χ2n) is 4.30. The number of methoxy groups -OCH3 is 3. The van der Waals surface area contributed by atoms with Crippen molar-refractivity contribution < 1.29 is 19.0 Å². The molecule has 6 nitrogen and oxygen atoms in total. The highest BCUT2D eigenvalue weighted by Gasteiger charge is 2.20. The van der Waals surface area contributed by atoms with E-state index in [1.165, 1.54) is 7.11 Å². The number of ether oxygens (including phenoxy) is 3. The third-order valence-electron chi connectivity index (χ3n) is 3.06. The van der Waals surface area contributed by atoms with Gasteiger partial charge in [-0.2, -0.15) is 0 Å². The molecule has 0 spiro atoms.